The molecule has 0 spiro atoms. The Labute approximate surface area is 202 Å². The van der Waals surface area contributed by atoms with Gasteiger partial charge in [-0.1, -0.05) is 0 Å². The van der Waals surface area contributed by atoms with Gasteiger partial charge in [-0.3, -0.25) is 4.98 Å². The normalized spacial score (nSPS) is 15.0. The standard InChI is InChI=1S/C25H27F2N3O3S/c1-15-10-18(11-16(2)28-15)23-20-8-9-32-19(14-34-27)13-30(20)24(29-23)17-6-7-21(22(12-17)31-5)33-25(3,4)26/h6-7,10-12,14H,8-9,13H2,1-5H3/b19-14+. The lowest BCUT2D eigenvalue weighted by atomic mass is 10.1. The Morgan fingerprint density at radius 2 is 1.82 bits per heavy atom. The molecule has 1 aliphatic heterocycles. The zero-order valence-corrected chi connectivity index (χ0v) is 20.6. The second-order valence-electron chi connectivity index (χ2n) is 8.56. The first-order chi connectivity index (χ1) is 16.2. The summed E-state index contributed by atoms with van der Waals surface area (Å²) < 4.78 is 45.8. The van der Waals surface area contributed by atoms with Crippen LogP contribution < -0.4 is 9.47 Å². The molecule has 34 heavy (non-hydrogen) atoms. The van der Waals surface area contributed by atoms with E-state index < -0.39 is 5.85 Å². The average Bonchev–Trinajstić information content (AvgIpc) is 2.97. The van der Waals surface area contributed by atoms with E-state index in [-0.39, 0.29) is 12.1 Å². The first kappa shape index (κ1) is 24.1. The van der Waals surface area contributed by atoms with E-state index in [4.69, 9.17) is 19.2 Å². The molecule has 0 atom stereocenters. The molecule has 2 aromatic heterocycles. The summed E-state index contributed by atoms with van der Waals surface area (Å²) in [7, 11) is 1.50. The first-order valence-electron chi connectivity index (χ1n) is 10.9. The third kappa shape index (κ3) is 5.19. The van der Waals surface area contributed by atoms with Gasteiger partial charge >= 0.3 is 0 Å². The minimum Gasteiger partial charge on any atom is -0.495 e. The quantitative estimate of drug-likeness (QED) is 0.404. The topological polar surface area (TPSA) is 58.4 Å². The molecular weight excluding hydrogens is 460 g/mol. The fourth-order valence-electron chi connectivity index (χ4n) is 4.09. The van der Waals surface area contributed by atoms with Crippen molar-refractivity contribution >= 4 is 12.1 Å². The van der Waals surface area contributed by atoms with Crippen LogP contribution in [0.15, 0.2) is 41.5 Å². The minimum atomic E-state index is -1.86. The predicted octanol–water partition coefficient (Wildman–Crippen LogP) is 6.35. The third-order valence-electron chi connectivity index (χ3n) is 5.32. The smallest absolute Gasteiger partial charge is 0.243 e. The van der Waals surface area contributed by atoms with E-state index >= 15 is 0 Å². The summed E-state index contributed by atoms with van der Waals surface area (Å²) >= 11 is 0.113. The number of aromatic nitrogens is 3. The van der Waals surface area contributed by atoms with Gasteiger partial charge < -0.3 is 18.8 Å². The summed E-state index contributed by atoms with van der Waals surface area (Å²) in [6, 6.07) is 9.24. The van der Waals surface area contributed by atoms with Gasteiger partial charge in [-0.05, 0) is 44.2 Å². The highest BCUT2D eigenvalue weighted by Gasteiger charge is 2.25. The SMILES string of the molecule is COc1cc(-c2nc(-c3cc(C)nc(C)c3)c3n2C/C(=C\SF)OCC3)ccc1OC(C)(C)F. The molecule has 0 aliphatic carbocycles. The van der Waals surface area contributed by atoms with Crippen molar-refractivity contribution in [1.29, 1.82) is 0 Å². The molecule has 1 aromatic carbocycles. The lowest BCUT2D eigenvalue weighted by Crippen LogP contribution is -2.21. The number of halogens is 2. The van der Waals surface area contributed by atoms with Crippen molar-refractivity contribution in [3.63, 3.8) is 0 Å². The van der Waals surface area contributed by atoms with Crippen LogP contribution >= 0.6 is 12.1 Å². The molecule has 0 bridgehead atoms. The number of fused-ring (bicyclic) bond motifs is 1. The van der Waals surface area contributed by atoms with Gasteiger partial charge in [0.15, 0.2) is 11.5 Å². The number of hydrogen-bond donors (Lipinski definition) is 0. The molecule has 3 heterocycles. The van der Waals surface area contributed by atoms with Gasteiger partial charge in [0.05, 0.1) is 38.1 Å². The number of rotatable bonds is 6. The lowest BCUT2D eigenvalue weighted by Gasteiger charge is -2.19. The van der Waals surface area contributed by atoms with E-state index in [1.807, 2.05) is 36.6 Å². The summed E-state index contributed by atoms with van der Waals surface area (Å²) in [5.74, 6) is 0.00797. The molecule has 0 radical (unpaired) electrons. The molecule has 0 amide bonds. The van der Waals surface area contributed by atoms with Crippen molar-refractivity contribution in [3.05, 3.63) is 58.6 Å². The summed E-state index contributed by atoms with van der Waals surface area (Å²) in [4.78, 5) is 9.49. The number of aryl methyl sites for hydroxylation is 2. The number of methoxy groups -OCH3 is 1. The van der Waals surface area contributed by atoms with Crippen LogP contribution in [0.1, 0.15) is 30.9 Å². The molecule has 180 valence electrons. The molecule has 0 fully saturated rings. The van der Waals surface area contributed by atoms with Crippen molar-refractivity contribution in [2.75, 3.05) is 13.7 Å². The number of nitrogens with zero attached hydrogens (tertiary/aromatic N) is 3. The molecule has 0 N–H and O–H groups in total. The van der Waals surface area contributed by atoms with Crippen LogP contribution in [0.4, 0.5) is 8.28 Å². The van der Waals surface area contributed by atoms with E-state index in [1.165, 1.54) is 26.4 Å². The van der Waals surface area contributed by atoms with Crippen molar-refractivity contribution < 1.29 is 22.5 Å². The highest BCUT2D eigenvalue weighted by molar-refractivity contribution is 7.97. The van der Waals surface area contributed by atoms with Crippen LogP contribution in [0.2, 0.25) is 0 Å². The Balaban J connectivity index is 1.89. The molecule has 0 saturated heterocycles. The van der Waals surface area contributed by atoms with Gasteiger partial charge in [0.25, 0.3) is 0 Å². The number of ether oxygens (including phenoxy) is 3. The zero-order chi connectivity index (χ0) is 24.5. The monoisotopic (exact) mass is 487 g/mol. The number of pyridine rings is 1. The van der Waals surface area contributed by atoms with Crippen LogP contribution in [-0.4, -0.2) is 34.1 Å². The van der Waals surface area contributed by atoms with Gasteiger partial charge in [-0.25, -0.2) is 4.98 Å². The largest absolute Gasteiger partial charge is 0.495 e. The molecule has 1 aliphatic rings. The van der Waals surface area contributed by atoms with Gasteiger partial charge in [0.1, 0.15) is 11.6 Å². The van der Waals surface area contributed by atoms with Gasteiger partial charge in [0, 0.05) is 53.9 Å². The molecule has 4 rings (SSSR count). The Morgan fingerprint density at radius 1 is 1.09 bits per heavy atom. The maximum Gasteiger partial charge on any atom is 0.243 e. The maximum atomic E-state index is 14.1. The minimum absolute atomic E-state index is 0.113. The van der Waals surface area contributed by atoms with Crippen molar-refractivity contribution in [2.24, 2.45) is 0 Å². The molecule has 0 unspecified atom stereocenters. The Kier molecular flexibility index (Phi) is 6.84. The molecule has 3 aromatic rings. The number of hydrogen-bond acceptors (Lipinski definition) is 6. The Bertz CT molecular complexity index is 1210. The average molecular weight is 488 g/mol. The van der Waals surface area contributed by atoms with E-state index in [1.54, 1.807) is 12.1 Å². The molecule has 6 nitrogen and oxygen atoms in total. The van der Waals surface area contributed by atoms with E-state index in [0.717, 1.165) is 33.9 Å². The van der Waals surface area contributed by atoms with Gasteiger partial charge in [-0.2, -0.15) is 8.28 Å². The number of alkyl halides is 1. The highest BCUT2D eigenvalue weighted by Crippen LogP contribution is 2.38. The third-order valence-corrected chi connectivity index (χ3v) is 5.67. The fraction of sp³-hybridized carbons (Fsp3) is 0.360. The van der Waals surface area contributed by atoms with Crippen LogP contribution in [0.5, 0.6) is 11.5 Å². The van der Waals surface area contributed by atoms with Gasteiger partial charge in [-0.15, -0.1) is 0 Å². The van der Waals surface area contributed by atoms with Crippen LogP contribution in [0, 0.1) is 13.8 Å². The van der Waals surface area contributed by atoms with E-state index in [0.29, 0.717) is 42.7 Å². The Morgan fingerprint density at radius 3 is 2.47 bits per heavy atom. The molecular formula is C25H27F2N3O3S. The van der Waals surface area contributed by atoms with Crippen molar-refractivity contribution in [3.8, 4) is 34.1 Å². The Hall–Kier alpha value is -3.07. The lowest BCUT2D eigenvalue weighted by molar-refractivity contribution is -0.0274. The van der Waals surface area contributed by atoms with Crippen LogP contribution in [-0.2, 0) is 17.7 Å². The fourth-order valence-corrected chi connectivity index (χ4v) is 4.33. The van der Waals surface area contributed by atoms with Gasteiger partial charge in [0.2, 0.25) is 5.85 Å². The second kappa shape index (κ2) is 9.66. The summed E-state index contributed by atoms with van der Waals surface area (Å²) in [6.45, 7) is 7.30. The van der Waals surface area contributed by atoms with E-state index in [9.17, 15) is 8.28 Å². The molecule has 0 saturated carbocycles. The van der Waals surface area contributed by atoms with E-state index in [2.05, 4.69) is 4.98 Å². The molecule has 9 heteroatoms. The summed E-state index contributed by atoms with van der Waals surface area (Å²) in [6.07, 6.45) is 0.603. The second-order valence-corrected chi connectivity index (χ2v) is 8.97. The number of imidazole rings is 1. The van der Waals surface area contributed by atoms with Crippen molar-refractivity contribution in [2.45, 2.75) is 46.5 Å². The zero-order valence-electron chi connectivity index (χ0n) is 19.8. The van der Waals surface area contributed by atoms with Crippen LogP contribution in [0.3, 0.4) is 0 Å². The first-order valence-corrected chi connectivity index (χ1v) is 11.7. The predicted molar refractivity (Wildman–Crippen MR) is 129 cm³/mol. The number of benzene rings is 1. The maximum absolute atomic E-state index is 14.1. The highest BCUT2D eigenvalue weighted by atomic mass is 32.2. The number of allylic oxidation sites excluding steroid dienone is 1. The van der Waals surface area contributed by atoms with Crippen molar-refractivity contribution in [1.82, 2.24) is 14.5 Å². The summed E-state index contributed by atoms with van der Waals surface area (Å²) in [5.41, 5.74) is 5.31. The van der Waals surface area contributed by atoms with Crippen LogP contribution in [0.25, 0.3) is 22.6 Å². The summed E-state index contributed by atoms with van der Waals surface area (Å²) in [5, 5.41) is 1.36.